The first-order valence-electron chi connectivity index (χ1n) is 6.82. The minimum atomic E-state index is 0.862. The Balaban J connectivity index is 1.85. The molecule has 0 amide bonds. The van der Waals surface area contributed by atoms with Gasteiger partial charge < -0.3 is 4.98 Å². The van der Waals surface area contributed by atoms with Crippen molar-refractivity contribution in [3.63, 3.8) is 0 Å². The summed E-state index contributed by atoms with van der Waals surface area (Å²) in [6, 6.07) is 6.56. The van der Waals surface area contributed by atoms with Crippen molar-refractivity contribution in [2.45, 2.75) is 45.4 Å². The zero-order chi connectivity index (χ0) is 11.7. The van der Waals surface area contributed by atoms with Crippen LogP contribution < -0.4 is 0 Å². The number of benzene rings is 1. The van der Waals surface area contributed by atoms with Crippen LogP contribution in [0, 0.1) is 5.92 Å². The molecule has 1 aromatic carbocycles. The Labute approximate surface area is 102 Å². The molecule has 0 atom stereocenters. The summed E-state index contributed by atoms with van der Waals surface area (Å²) >= 11 is 0. The van der Waals surface area contributed by atoms with Gasteiger partial charge in [-0.3, -0.25) is 0 Å². The standard InChI is InChI=1S/C15H20N2/c1-2-11-7-8-13-14(9-11)17-15(16-13)10-12-5-3-4-6-12/h7-9,12H,2-6,10H2,1H3,(H,16,17). The van der Waals surface area contributed by atoms with Crippen molar-refractivity contribution in [1.29, 1.82) is 0 Å². The molecule has 17 heavy (non-hydrogen) atoms. The van der Waals surface area contributed by atoms with Gasteiger partial charge in [0.1, 0.15) is 5.82 Å². The highest BCUT2D eigenvalue weighted by Gasteiger charge is 2.17. The summed E-state index contributed by atoms with van der Waals surface area (Å²) in [6.45, 7) is 2.19. The van der Waals surface area contributed by atoms with Crippen molar-refractivity contribution in [2.24, 2.45) is 5.92 Å². The van der Waals surface area contributed by atoms with E-state index in [4.69, 9.17) is 4.98 Å². The Hall–Kier alpha value is -1.31. The van der Waals surface area contributed by atoms with Gasteiger partial charge in [-0.25, -0.2) is 4.98 Å². The fraction of sp³-hybridized carbons (Fsp3) is 0.533. The molecular formula is C15H20N2. The third kappa shape index (κ3) is 2.21. The maximum absolute atomic E-state index is 4.70. The van der Waals surface area contributed by atoms with Gasteiger partial charge in [-0.15, -0.1) is 0 Å². The van der Waals surface area contributed by atoms with Crippen molar-refractivity contribution in [3.05, 3.63) is 29.6 Å². The summed E-state index contributed by atoms with van der Waals surface area (Å²) in [5.74, 6) is 2.04. The van der Waals surface area contributed by atoms with Gasteiger partial charge in [0.05, 0.1) is 11.0 Å². The van der Waals surface area contributed by atoms with E-state index >= 15 is 0 Å². The second kappa shape index (κ2) is 4.52. The van der Waals surface area contributed by atoms with Gasteiger partial charge >= 0.3 is 0 Å². The summed E-state index contributed by atoms with van der Waals surface area (Å²) in [6.07, 6.45) is 7.81. The summed E-state index contributed by atoms with van der Waals surface area (Å²) in [7, 11) is 0. The van der Waals surface area contributed by atoms with Crippen LogP contribution in [0.25, 0.3) is 11.0 Å². The SMILES string of the molecule is CCc1ccc2nc(CC3CCCC3)[nH]c2c1. The molecule has 1 aromatic heterocycles. The first-order valence-corrected chi connectivity index (χ1v) is 6.82. The number of aromatic amines is 1. The highest BCUT2D eigenvalue weighted by Crippen LogP contribution is 2.27. The summed E-state index contributed by atoms with van der Waals surface area (Å²) in [5, 5.41) is 0. The number of fused-ring (bicyclic) bond motifs is 1. The van der Waals surface area contributed by atoms with Gasteiger partial charge in [0, 0.05) is 6.42 Å². The van der Waals surface area contributed by atoms with Crippen LogP contribution in [0.2, 0.25) is 0 Å². The van der Waals surface area contributed by atoms with Crippen LogP contribution in [0.5, 0.6) is 0 Å². The van der Waals surface area contributed by atoms with E-state index in [9.17, 15) is 0 Å². The summed E-state index contributed by atoms with van der Waals surface area (Å²) < 4.78 is 0. The molecule has 1 saturated carbocycles. The fourth-order valence-electron chi connectivity index (χ4n) is 2.91. The number of H-pyrrole nitrogens is 1. The third-order valence-electron chi connectivity index (χ3n) is 3.96. The predicted molar refractivity (Wildman–Crippen MR) is 71.1 cm³/mol. The van der Waals surface area contributed by atoms with Crippen LogP contribution in [-0.2, 0) is 12.8 Å². The van der Waals surface area contributed by atoms with E-state index in [1.54, 1.807) is 0 Å². The average molecular weight is 228 g/mol. The van der Waals surface area contributed by atoms with E-state index in [0.717, 1.165) is 24.3 Å². The van der Waals surface area contributed by atoms with Gasteiger partial charge in [-0.2, -0.15) is 0 Å². The molecule has 2 nitrogen and oxygen atoms in total. The molecule has 2 heteroatoms. The Morgan fingerprint density at radius 3 is 2.88 bits per heavy atom. The van der Waals surface area contributed by atoms with Crippen molar-refractivity contribution < 1.29 is 0 Å². The monoisotopic (exact) mass is 228 g/mol. The quantitative estimate of drug-likeness (QED) is 0.849. The number of nitrogens with zero attached hydrogens (tertiary/aromatic N) is 1. The number of rotatable bonds is 3. The highest BCUT2D eigenvalue weighted by molar-refractivity contribution is 5.75. The molecule has 0 spiro atoms. The minimum absolute atomic E-state index is 0.862. The molecule has 0 saturated heterocycles. The van der Waals surface area contributed by atoms with Gasteiger partial charge in [-0.05, 0) is 30.0 Å². The molecule has 0 aliphatic heterocycles. The second-order valence-electron chi connectivity index (χ2n) is 5.24. The van der Waals surface area contributed by atoms with E-state index in [1.807, 2.05) is 0 Å². The molecule has 0 unspecified atom stereocenters. The van der Waals surface area contributed by atoms with Gasteiger partial charge in [0.25, 0.3) is 0 Å². The number of nitrogens with one attached hydrogen (secondary N) is 1. The Kier molecular flexibility index (Phi) is 2.87. The molecule has 0 bridgehead atoms. The Morgan fingerprint density at radius 1 is 1.29 bits per heavy atom. The molecular weight excluding hydrogens is 208 g/mol. The zero-order valence-electron chi connectivity index (χ0n) is 10.5. The third-order valence-corrected chi connectivity index (χ3v) is 3.96. The van der Waals surface area contributed by atoms with Crippen molar-refractivity contribution in [1.82, 2.24) is 9.97 Å². The Morgan fingerprint density at radius 2 is 2.12 bits per heavy atom. The fourth-order valence-corrected chi connectivity index (χ4v) is 2.91. The molecule has 1 fully saturated rings. The van der Waals surface area contributed by atoms with E-state index in [2.05, 4.69) is 30.1 Å². The Bertz CT molecular complexity index is 507. The highest BCUT2D eigenvalue weighted by atomic mass is 14.9. The smallest absolute Gasteiger partial charge is 0.107 e. The predicted octanol–water partition coefficient (Wildman–Crippen LogP) is 3.86. The molecule has 0 radical (unpaired) electrons. The van der Waals surface area contributed by atoms with Crippen LogP contribution in [0.15, 0.2) is 18.2 Å². The molecule has 90 valence electrons. The summed E-state index contributed by atoms with van der Waals surface area (Å²) in [4.78, 5) is 8.18. The van der Waals surface area contributed by atoms with Crippen LogP contribution in [0.3, 0.4) is 0 Å². The van der Waals surface area contributed by atoms with Crippen LogP contribution in [0.4, 0.5) is 0 Å². The number of aromatic nitrogens is 2. The van der Waals surface area contributed by atoms with Crippen LogP contribution in [-0.4, -0.2) is 9.97 Å². The van der Waals surface area contributed by atoms with Gasteiger partial charge in [0.15, 0.2) is 0 Å². The van der Waals surface area contributed by atoms with Gasteiger partial charge in [0.2, 0.25) is 0 Å². The average Bonchev–Trinajstić information content (AvgIpc) is 2.96. The number of aryl methyl sites for hydroxylation is 1. The largest absolute Gasteiger partial charge is 0.342 e. The number of hydrogen-bond acceptors (Lipinski definition) is 1. The first kappa shape index (κ1) is 10.8. The maximum Gasteiger partial charge on any atom is 0.107 e. The van der Waals surface area contributed by atoms with Crippen molar-refractivity contribution in [3.8, 4) is 0 Å². The van der Waals surface area contributed by atoms with Crippen LogP contribution in [0.1, 0.15) is 44.0 Å². The van der Waals surface area contributed by atoms with Crippen molar-refractivity contribution >= 4 is 11.0 Å². The molecule has 1 aliphatic carbocycles. The van der Waals surface area contributed by atoms with Gasteiger partial charge in [-0.1, -0.05) is 38.7 Å². The second-order valence-corrected chi connectivity index (χ2v) is 5.24. The number of hydrogen-bond donors (Lipinski definition) is 1. The van der Waals surface area contributed by atoms with E-state index in [-0.39, 0.29) is 0 Å². The van der Waals surface area contributed by atoms with E-state index < -0.39 is 0 Å². The first-order chi connectivity index (χ1) is 8.35. The normalized spacial score (nSPS) is 17.0. The lowest BCUT2D eigenvalue weighted by Crippen LogP contribution is -2.00. The lowest BCUT2D eigenvalue weighted by Gasteiger charge is -2.04. The van der Waals surface area contributed by atoms with Crippen molar-refractivity contribution in [2.75, 3.05) is 0 Å². The molecule has 3 rings (SSSR count). The van der Waals surface area contributed by atoms with E-state index in [1.165, 1.54) is 42.6 Å². The minimum Gasteiger partial charge on any atom is -0.342 e. The lowest BCUT2D eigenvalue weighted by molar-refractivity contribution is 0.534. The topological polar surface area (TPSA) is 28.7 Å². The molecule has 1 heterocycles. The van der Waals surface area contributed by atoms with Crippen LogP contribution >= 0.6 is 0 Å². The zero-order valence-corrected chi connectivity index (χ0v) is 10.5. The maximum atomic E-state index is 4.70. The molecule has 2 aromatic rings. The number of imidazole rings is 1. The van der Waals surface area contributed by atoms with E-state index in [0.29, 0.717) is 0 Å². The molecule has 1 N–H and O–H groups in total. The lowest BCUT2D eigenvalue weighted by atomic mass is 10.0. The molecule has 1 aliphatic rings. The summed E-state index contributed by atoms with van der Waals surface area (Å²) in [5.41, 5.74) is 3.71.